The highest BCUT2D eigenvalue weighted by atomic mass is 16.5. The summed E-state index contributed by atoms with van der Waals surface area (Å²) in [7, 11) is 0. The number of aryl methyl sites for hydroxylation is 1. The Morgan fingerprint density at radius 3 is 2.92 bits per heavy atom. The van der Waals surface area contributed by atoms with Crippen LogP contribution in [0.2, 0.25) is 0 Å². The third-order valence-corrected chi connectivity index (χ3v) is 1.40. The largest absolute Gasteiger partial charge is 0.338 e. The molecule has 1 aromatic heterocycles. The van der Waals surface area contributed by atoms with Crippen molar-refractivity contribution in [2.24, 2.45) is 5.73 Å². The standard InChI is InChI=1S/C7H14N4O/c1-5(8)3-4-9-7-10-6(2)11-12-7/h5H,3-4,8H2,1-2H3,(H,9,10,11). The third kappa shape index (κ3) is 2.87. The molecule has 1 atom stereocenters. The zero-order chi connectivity index (χ0) is 8.97. The zero-order valence-electron chi connectivity index (χ0n) is 7.37. The van der Waals surface area contributed by atoms with Crippen LogP contribution < -0.4 is 11.1 Å². The molecule has 0 radical (unpaired) electrons. The number of rotatable bonds is 4. The van der Waals surface area contributed by atoms with Gasteiger partial charge in [-0.3, -0.25) is 0 Å². The van der Waals surface area contributed by atoms with Crippen molar-refractivity contribution in [2.75, 3.05) is 11.9 Å². The van der Waals surface area contributed by atoms with E-state index in [1.165, 1.54) is 0 Å². The summed E-state index contributed by atoms with van der Waals surface area (Å²) in [5.74, 6) is 0.637. The zero-order valence-corrected chi connectivity index (χ0v) is 7.37. The van der Waals surface area contributed by atoms with Gasteiger partial charge in [-0.15, -0.1) is 0 Å². The van der Waals surface area contributed by atoms with E-state index in [2.05, 4.69) is 15.5 Å². The second-order valence-electron chi connectivity index (χ2n) is 2.84. The molecule has 3 N–H and O–H groups in total. The molecule has 12 heavy (non-hydrogen) atoms. The van der Waals surface area contributed by atoms with Crippen molar-refractivity contribution in [1.82, 2.24) is 10.1 Å². The van der Waals surface area contributed by atoms with Crippen LogP contribution in [0.4, 0.5) is 6.01 Å². The quantitative estimate of drug-likeness (QED) is 0.689. The van der Waals surface area contributed by atoms with Crippen molar-refractivity contribution in [3.05, 3.63) is 5.82 Å². The molecule has 0 aliphatic heterocycles. The summed E-state index contributed by atoms with van der Waals surface area (Å²) in [6, 6.07) is 0.662. The number of aromatic nitrogens is 2. The van der Waals surface area contributed by atoms with E-state index >= 15 is 0 Å². The van der Waals surface area contributed by atoms with E-state index in [4.69, 9.17) is 10.3 Å². The van der Waals surface area contributed by atoms with E-state index < -0.39 is 0 Å². The number of hydrogen-bond acceptors (Lipinski definition) is 5. The number of nitrogens with one attached hydrogen (secondary N) is 1. The van der Waals surface area contributed by atoms with Crippen molar-refractivity contribution in [3.8, 4) is 0 Å². The van der Waals surface area contributed by atoms with Gasteiger partial charge in [-0.05, 0) is 20.3 Å². The topological polar surface area (TPSA) is 77.0 Å². The predicted octanol–water partition coefficient (Wildman–Crippen LogP) is 0.527. The lowest BCUT2D eigenvalue weighted by atomic mass is 10.2. The molecule has 0 bridgehead atoms. The van der Waals surface area contributed by atoms with Crippen molar-refractivity contribution >= 4 is 6.01 Å². The normalized spacial score (nSPS) is 12.9. The van der Waals surface area contributed by atoms with Crippen molar-refractivity contribution < 1.29 is 4.52 Å². The fraction of sp³-hybridized carbons (Fsp3) is 0.714. The molecule has 5 heteroatoms. The van der Waals surface area contributed by atoms with Gasteiger partial charge < -0.3 is 15.6 Å². The molecule has 1 heterocycles. The average molecular weight is 170 g/mol. The van der Waals surface area contributed by atoms with Crippen LogP contribution in [-0.4, -0.2) is 22.7 Å². The second kappa shape index (κ2) is 4.06. The predicted molar refractivity (Wildman–Crippen MR) is 45.8 cm³/mol. The Morgan fingerprint density at radius 2 is 2.42 bits per heavy atom. The number of nitrogens with two attached hydrogens (primary N) is 1. The third-order valence-electron chi connectivity index (χ3n) is 1.40. The highest BCUT2D eigenvalue weighted by molar-refractivity contribution is 5.17. The maximum atomic E-state index is 5.56. The van der Waals surface area contributed by atoms with E-state index in [-0.39, 0.29) is 6.04 Å². The van der Waals surface area contributed by atoms with Crippen LogP contribution in [0.3, 0.4) is 0 Å². The molecule has 1 aromatic rings. The Balaban J connectivity index is 2.24. The van der Waals surface area contributed by atoms with E-state index in [9.17, 15) is 0 Å². The number of anilines is 1. The van der Waals surface area contributed by atoms with E-state index in [0.717, 1.165) is 13.0 Å². The summed E-state index contributed by atoms with van der Waals surface area (Å²) in [6.45, 7) is 4.50. The summed E-state index contributed by atoms with van der Waals surface area (Å²) in [4.78, 5) is 3.98. The molecule has 0 aromatic carbocycles. The van der Waals surface area contributed by atoms with Crippen LogP contribution in [0.1, 0.15) is 19.2 Å². The summed E-state index contributed by atoms with van der Waals surface area (Å²) in [6.07, 6.45) is 0.890. The summed E-state index contributed by atoms with van der Waals surface area (Å²) in [5.41, 5.74) is 5.56. The van der Waals surface area contributed by atoms with E-state index in [1.807, 2.05) is 6.92 Å². The fourth-order valence-corrected chi connectivity index (χ4v) is 0.776. The fourth-order valence-electron chi connectivity index (χ4n) is 0.776. The first kappa shape index (κ1) is 8.99. The van der Waals surface area contributed by atoms with Gasteiger partial charge in [0, 0.05) is 12.6 Å². The first-order chi connectivity index (χ1) is 5.68. The lowest BCUT2D eigenvalue weighted by Gasteiger charge is -2.03. The van der Waals surface area contributed by atoms with Gasteiger partial charge in [-0.25, -0.2) is 0 Å². The molecule has 1 unspecified atom stereocenters. The lowest BCUT2D eigenvalue weighted by molar-refractivity contribution is 0.424. The summed E-state index contributed by atoms with van der Waals surface area (Å²) >= 11 is 0. The Hall–Kier alpha value is -1.10. The van der Waals surface area contributed by atoms with E-state index in [1.54, 1.807) is 6.92 Å². The van der Waals surface area contributed by atoms with Gasteiger partial charge in [0.15, 0.2) is 5.82 Å². The Labute approximate surface area is 71.3 Å². The molecule has 0 aliphatic rings. The molecule has 1 rings (SSSR count). The van der Waals surface area contributed by atoms with Crippen LogP contribution in [-0.2, 0) is 0 Å². The lowest BCUT2D eigenvalue weighted by Crippen LogP contribution is -2.19. The van der Waals surface area contributed by atoms with Crippen LogP contribution in [0.15, 0.2) is 4.52 Å². The van der Waals surface area contributed by atoms with Gasteiger partial charge in [0.2, 0.25) is 0 Å². The first-order valence-corrected chi connectivity index (χ1v) is 3.98. The van der Waals surface area contributed by atoms with E-state index in [0.29, 0.717) is 11.8 Å². The molecular formula is C7H14N4O. The second-order valence-corrected chi connectivity index (χ2v) is 2.84. The average Bonchev–Trinajstić information content (AvgIpc) is 2.35. The molecule has 0 amide bonds. The molecule has 0 fully saturated rings. The Kier molecular flexibility index (Phi) is 3.04. The highest BCUT2D eigenvalue weighted by Gasteiger charge is 2.00. The van der Waals surface area contributed by atoms with Gasteiger partial charge in [-0.2, -0.15) is 4.98 Å². The van der Waals surface area contributed by atoms with Crippen LogP contribution in [0, 0.1) is 6.92 Å². The van der Waals surface area contributed by atoms with Gasteiger partial charge in [0.1, 0.15) is 0 Å². The molecule has 0 spiro atoms. The van der Waals surface area contributed by atoms with Crippen molar-refractivity contribution in [3.63, 3.8) is 0 Å². The van der Waals surface area contributed by atoms with Gasteiger partial charge in [0.25, 0.3) is 0 Å². The maximum absolute atomic E-state index is 5.56. The maximum Gasteiger partial charge on any atom is 0.321 e. The minimum Gasteiger partial charge on any atom is -0.338 e. The monoisotopic (exact) mass is 170 g/mol. The number of hydrogen-bond donors (Lipinski definition) is 2. The van der Waals surface area contributed by atoms with Crippen molar-refractivity contribution in [1.29, 1.82) is 0 Å². The Bertz CT molecular complexity index is 233. The highest BCUT2D eigenvalue weighted by Crippen LogP contribution is 2.01. The van der Waals surface area contributed by atoms with Crippen LogP contribution in [0.25, 0.3) is 0 Å². The molecule has 5 nitrogen and oxygen atoms in total. The molecule has 0 saturated carbocycles. The first-order valence-electron chi connectivity index (χ1n) is 3.98. The van der Waals surface area contributed by atoms with Crippen LogP contribution in [0.5, 0.6) is 0 Å². The molecular weight excluding hydrogens is 156 g/mol. The number of nitrogens with zero attached hydrogens (tertiary/aromatic N) is 2. The summed E-state index contributed by atoms with van der Waals surface area (Å²) in [5, 5.41) is 6.61. The molecule has 0 aliphatic carbocycles. The SMILES string of the molecule is Cc1noc(NCCC(C)N)n1. The van der Waals surface area contributed by atoms with Gasteiger partial charge in [0.05, 0.1) is 0 Å². The minimum atomic E-state index is 0.196. The van der Waals surface area contributed by atoms with Crippen LogP contribution >= 0.6 is 0 Å². The van der Waals surface area contributed by atoms with Gasteiger partial charge >= 0.3 is 6.01 Å². The molecule has 0 saturated heterocycles. The Morgan fingerprint density at radius 1 is 1.67 bits per heavy atom. The van der Waals surface area contributed by atoms with Gasteiger partial charge in [-0.1, -0.05) is 5.16 Å². The molecule has 68 valence electrons. The smallest absolute Gasteiger partial charge is 0.321 e. The minimum absolute atomic E-state index is 0.196. The summed E-state index contributed by atoms with van der Waals surface area (Å²) < 4.78 is 4.83. The van der Waals surface area contributed by atoms with Crippen molar-refractivity contribution in [2.45, 2.75) is 26.3 Å².